The van der Waals surface area contributed by atoms with Gasteiger partial charge in [0, 0.05) is 17.3 Å². The Morgan fingerprint density at radius 2 is 2.18 bits per heavy atom. The van der Waals surface area contributed by atoms with E-state index >= 15 is 0 Å². The van der Waals surface area contributed by atoms with Gasteiger partial charge in [0.05, 0.1) is 18.8 Å². The summed E-state index contributed by atoms with van der Waals surface area (Å²) in [6.07, 6.45) is 6.68. The van der Waals surface area contributed by atoms with Crippen molar-refractivity contribution in [2.45, 2.75) is 50.9 Å². The quantitative estimate of drug-likeness (QED) is 0.875. The van der Waals surface area contributed by atoms with Crippen LogP contribution in [0.1, 0.15) is 37.7 Å². The molecule has 1 aliphatic heterocycles. The standard InChI is InChI=1S/C17H24N2O2S/c20-17(16-11-22-12-18-16)19-14-6-4-5-13(9-14)10-21-15-7-2-1-3-8-15/h4-6,9,15-16,18H,1-3,7-8,10-12H2,(H,19,20). The van der Waals surface area contributed by atoms with Gasteiger partial charge in [-0.05, 0) is 30.5 Å². The van der Waals surface area contributed by atoms with E-state index in [0.29, 0.717) is 12.7 Å². The number of hydrogen-bond acceptors (Lipinski definition) is 4. The first-order valence-corrected chi connectivity index (χ1v) is 9.29. The second-order valence-electron chi connectivity index (χ2n) is 6.03. The summed E-state index contributed by atoms with van der Waals surface area (Å²) in [6, 6.07) is 7.91. The first-order chi connectivity index (χ1) is 10.8. The molecular formula is C17H24N2O2S. The van der Waals surface area contributed by atoms with Crippen LogP contribution in [0.2, 0.25) is 0 Å². The van der Waals surface area contributed by atoms with Crippen LogP contribution in [-0.4, -0.2) is 29.7 Å². The fourth-order valence-electron chi connectivity index (χ4n) is 2.98. The Morgan fingerprint density at radius 1 is 1.32 bits per heavy atom. The fourth-order valence-corrected chi connectivity index (χ4v) is 3.92. The lowest BCUT2D eigenvalue weighted by Gasteiger charge is -2.22. The first-order valence-electron chi connectivity index (χ1n) is 8.14. The summed E-state index contributed by atoms with van der Waals surface area (Å²) >= 11 is 1.76. The van der Waals surface area contributed by atoms with Crippen LogP contribution in [-0.2, 0) is 16.1 Å². The van der Waals surface area contributed by atoms with Gasteiger partial charge in [-0.3, -0.25) is 10.1 Å². The van der Waals surface area contributed by atoms with Gasteiger partial charge in [0.25, 0.3) is 0 Å². The van der Waals surface area contributed by atoms with Crippen LogP contribution in [0.15, 0.2) is 24.3 Å². The number of rotatable bonds is 5. The number of hydrogen-bond donors (Lipinski definition) is 2. The van der Waals surface area contributed by atoms with Crippen LogP contribution in [0.3, 0.4) is 0 Å². The van der Waals surface area contributed by atoms with E-state index in [-0.39, 0.29) is 11.9 Å². The van der Waals surface area contributed by atoms with Crippen LogP contribution >= 0.6 is 11.8 Å². The monoisotopic (exact) mass is 320 g/mol. The molecule has 3 rings (SSSR count). The number of amides is 1. The minimum atomic E-state index is -0.0767. The van der Waals surface area contributed by atoms with E-state index in [1.54, 1.807) is 11.8 Å². The molecule has 2 aliphatic rings. The summed E-state index contributed by atoms with van der Waals surface area (Å²) in [7, 11) is 0. The van der Waals surface area contributed by atoms with Crippen LogP contribution in [0.4, 0.5) is 5.69 Å². The molecule has 5 heteroatoms. The molecule has 1 aromatic carbocycles. The summed E-state index contributed by atoms with van der Waals surface area (Å²) in [4.78, 5) is 12.1. The lowest BCUT2D eigenvalue weighted by molar-refractivity contribution is -0.117. The van der Waals surface area contributed by atoms with Crippen LogP contribution < -0.4 is 10.6 Å². The van der Waals surface area contributed by atoms with Gasteiger partial charge < -0.3 is 10.1 Å². The zero-order valence-electron chi connectivity index (χ0n) is 12.8. The normalized spacial score (nSPS) is 22.6. The van der Waals surface area contributed by atoms with Crippen molar-refractivity contribution in [2.75, 3.05) is 16.9 Å². The lowest BCUT2D eigenvalue weighted by Crippen LogP contribution is -2.37. The molecular weight excluding hydrogens is 296 g/mol. The maximum atomic E-state index is 12.1. The molecule has 120 valence electrons. The second kappa shape index (κ2) is 7.99. The van der Waals surface area contributed by atoms with Crippen molar-refractivity contribution in [3.05, 3.63) is 29.8 Å². The highest BCUT2D eigenvalue weighted by Crippen LogP contribution is 2.22. The van der Waals surface area contributed by atoms with Crippen molar-refractivity contribution < 1.29 is 9.53 Å². The van der Waals surface area contributed by atoms with Crippen LogP contribution in [0.25, 0.3) is 0 Å². The van der Waals surface area contributed by atoms with E-state index in [4.69, 9.17) is 4.74 Å². The molecule has 22 heavy (non-hydrogen) atoms. The number of anilines is 1. The summed E-state index contributed by atoms with van der Waals surface area (Å²) in [6.45, 7) is 0.631. The van der Waals surface area contributed by atoms with Crippen molar-refractivity contribution in [1.82, 2.24) is 5.32 Å². The average molecular weight is 320 g/mol. The third-order valence-electron chi connectivity index (χ3n) is 4.27. The zero-order chi connectivity index (χ0) is 15.2. The molecule has 0 spiro atoms. The van der Waals surface area contributed by atoms with E-state index in [1.807, 2.05) is 18.2 Å². The highest BCUT2D eigenvalue weighted by atomic mass is 32.2. The SMILES string of the molecule is O=C(Nc1cccc(COC2CCCCC2)c1)C1CSCN1. The maximum absolute atomic E-state index is 12.1. The maximum Gasteiger partial charge on any atom is 0.242 e. The Hall–Kier alpha value is -1.04. The molecule has 2 N–H and O–H groups in total. The van der Waals surface area contributed by atoms with Gasteiger partial charge in [0.1, 0.15) is 0 Å². The topological polar surface area (TPSA) is 50.4 Å². The van der Waals surface area contributed by atoms with Crippen molar-refractivity contribution in [3.8, 4) is 0 Å². The van der Waals surface area contributed by atoms with E-state index in [9.17, 15) is 4.79 Å². The summed E-state index contributed by atoms with van der Waals surface area (Å²) < 4.78 is 6.00. The number of ether oxygens (including phenoxy) is 1. The Kier molecular flexibility index (Phi) is 5.76. The molecule has 1 amide bonds. The van der Waals surface area contributed by atoms with Crippen molar-refractivity contribution in [1.29, 1.82) is 0 Å². The fraction of sp³-hybridized carbons (Fsp3) is 0.588. The predicted octanol–water partition coefficient (Wildman–Crippen LogP) is 3.14. The van der Waals surface area contributed by atoms with E-state index in [2.05, 4.69) is 16.7 Å². The lowest BCUT2D eigenvalue weighted by atomic mass is 9.98. The molecule has 1 aromatic rings. The largest absolute Gasteiger partial charge is 0.374 e. The van der Waals surface area contributed by atoms with Gasteiger partial charge in [-0.2, -0.15) is 0 Å². The molecule has 0 aromatic heterocycles. The number of thioether (sulfide) groups is 1. The molecule has 1 heterocycles. The van der Waals surface area contributed by atoms with Crippen LogP contribution in [0, 0.1) is 0 Å². The summed E-state index contributed by atoms with van der Waals surface area (Å²) in [5.74, 6) is 1.75. The van der Waals surface area contributed by atoms with Gasteiger partial charge in [-0.25, -0.2) is 0 Å². The molecule has 1 unspecified atom stereocenters. The second-order valence-corrected chi connectivity index (χ2v) is 7.06. The Bertz CT molecular complexity index is 497. The highest BCUT2D eigenvalue weighted by Gasteiger charge is 2.22. The summed E-state index contributed by atoms with van der Waals surface area (Å²) in [5, 5.41) is 6.18. The Balaban J connectivity index is 1.51. The number of carbonyl (C=O) groups is 1. The van der Waals surface area contributed by atoms with Crippen molar-refractivity contribution in [2.24, 2.45) is 0 Å². The van der Waals surface area contributed by atoms with Gasteiger partial charge >= 0.3 is 0 Å². The zero-order valence-corrected chi connectivity index (χ0v) is 13.7. The molecule has 1 atom stereocenters. The third kappa shape index (κ3) is 4.48. The van der Waals surface area contributed by atoms with Crippen molar-refractivity contribution in [3.63, 3.8) is 0 Å². The van der Waals surface area contributed by atoms with E-state index < -0.39 is 0 Å². The average Bonchev–Trinajstić information content (AvgIpc) is 3.09. The minimum Gasteiger partial charge on any atom is -0.374 e. The number of carbonyl (C=O) groups excluding carboxylic acids is 1. The summed E-state index contributed by atoms with van der Waals surface area (Å²) in [5.41, 5.74) is 1.98. The third-order valence-corrected chi connectivity index (χ3v) is 5.21. The molecule has 1 saturated heterocycles. The molecule has 4 nitrogen and oxygen atoms in total. The molecule has 0 bridgehead atoms. The number of nitrogens with one attached hydrogen (secondary N) is 2. The Labute approximate surface area is 136 Å². The van der Waals surface area contributed by atoms with Crippen LogP contribution in [0.5, 0.6) is 0 Å². The van der Waals surface area contributed by atoms with Gasteiger partial charge in [-0.15, -0.1) is 11.8 Å². The highest BCUT2D eigenvalue weighted by molar-refractivity contribution is 7.99. The number of benzene rings is 1. The van der Waals surface area contributed by atoms with Gasteiger partial charge in [0.2, 0.25) is 5.91 Å². The van der Waals surface area contributed by atoms with E-state index in [0.717, 1.165) is 22.9 Å². The molecule has 1 aliphatic carbocycles. The molecule has 1 saturated carbocycles. The minimum absolute atomic E-state index is 0.0512. The van der Waals surface area contributed by atoms with Gasteiger partial charge in [0.15, 0.2) is 0 Å². The molecule has 0 radical (unpaired) electrons. The smallest absolute Gasteiger partial charge is 0.242 e. The molecule has 2 fully saturated rings. The first kappa shape index (κ1) is 15.8. The van der Waals surface area contributed by atoms with Gasteiger partial charge in [-0.1, -0.05) is 31.4 Å². The Morgan fingerprint density at radius 3 is 2.95 bits per heavy atom. The predicted molar refractivity (Wildman–Crippen MR) is 91.0 cm³/mol. The van der Waals surface area contributed by atoms with Crippen molar-refractivity contribution >= 4 is 23.4 Å². The van der Waals surface area contributed by atoms with E-state index in [1.165, 1.54) is 32.1 Å².